The van der Waals surface area contributed by atoms with Crippen molar-refractivity contribution in [3.8, 4) is 5.75 Å². The van der Waals surface area contributed by atoms with Crippen LogP contribution in [0.4, 0.5) is 9.52 Å². The van der Waals surface area contributed by atoms with Gasteiger partial charge < -0.3 is 14.5 Å². The van der Waals surface area contributed by atoms with Crippen LogP contribution in [-0.2, 0) is 4.79 Å². The second-order valence-electron chi connectivity index (χ2n) is 6.96. The van der Waals surface area contributed by atoms with Gasteiger partial charge in [0, 0.05) is 26.2 Å². The van der Waals surface area contributed by atoms with Crippen LogP contribution >= 0.6 is 11.3 Å². The van der Waals surface area contributed by atoms with E-state index in [1.165, 1.54) is 28.0 Å². The first-order valence-corrected chi connectivity index (χ1v) is 10.1. The largest absolute Gasteiger partial charge is 0.481 e. The number of anilines is 1. The molecule has 146 valence electrons. The summed E-state index contributed by atoms with van der Waals surface area (Å²) in [6.45, 7) is 6.70. The summed E-state index contributed by atoms with van der Waals surface area (Å²) in [6.07, 6.45) is 0. The molecule has 2 heterocycles. The number of halogens is 1. The third kappa shape index (κ3) is 3.67. The summed E-state index contributed by atoms with van der Waals surface area (Å²) in [5.41, 5.74) is 3.49. The van der Waals surface area contributed by atoms with Crippen molar-refractivity contribution < 1.29 is 13.9 Å². The monoisotopic (exact) mass is 399 g/mol. The highest BCUT2D eigenvalue weighted by Gasteiger charge is 2.24. The van der Waals surface area contributed by atoms with Crippen LogP contribution in [0.1, 0.15) is 11.1 Å². The van der Waals surface area contributed by atoms with Gasteiger partial charge in [-0.3, -0.25) is 4.79 Å². The fourth-order valence-corrected chi connectivity index (χ4v) is 4.49. The molecule has 1 amide bonds. The number of carbonyl (C=O) groups excluding carboxylic acids is 1. The average Bonchev–Trinajstić information content (AvgIpc) is 3.17. The number of nitrogens with zero attached hydrogens (tertiary/aromatic N) is 3. The molecule has 0 atom stereocenters. The Hall–Kier alpha value is -2.67. The average molecular weight is 399 g/mol. The second-order valence-corrected chi connectivity index (χ2v) is 7.94. The molecule has 0 unspecified atom stereocenters. The lowest BCUT2D eigenvalue weighted by atomic mass is 10.1. The van der Waals surface area contributed by atoms with E-state index in [0.717, 1.165) is 23.7 Å². The van der Waals surface area contributed by atoms with Crippen molar-refractivity contribution >= 4 is 32.6 Å². The van der Waals surface area contributed by atoms with Gasteiger partial charge in [0.1, 0.15) is 0 Å². The van der Waals surface area contributed by atoms with Gasteiger partial charge in [0.2, 0.25) is 0 Å². The number of ether oxygens (including phenoxy) is 1. The van der Waals surface area contributed by atoms with Gasteiger partial charge in [-0.15, -0.1) is 0 Å². The minimum Gasteiger partial charge on any atom is -0.481 e. The number of para-hydroxylation sites is 1. The summed E-state index contributed by atoms with van der Waals surface area (Å²) in [6, 6.07) is 10.4. The fraction of sp³-hybridized carbons (Fsp3) is 0.333. The Balaban J connectivity index is 1.37. The summed E-state index contributed by atoms with van der Waals surface area (Å²) < 4.78 is 20.2. The highest BCUT2D eigenvalue weighted by molar-refractivity contribution is 7.22. The molecule has 4 rings (SSSR count). The number of rotatable bonds is 4. The van der Waals surface area contributed by atoms with Crippen LogP contribution < -0.4 is 9.64 Å². The zero-order valence-corrected chi connectivity index (χ0v) is 16.8. The minimum atomic E-state index is -0.457. The predicted molar refractivity (Wildman–Crippen MR) is 110 cm³/mol. The quantitative estimate of drug-likeness (QED) is 0.670. The molecule has 1 aliphatic rings. The first kappa shape index (κ1) is 18.7. The maximum atomic E-state index is 13.6. The lowest BCUT2D eigenvalue weighted by Gasteiger charge is -2.34. The van der Waals surface area contributed by atoms with E-state index >= 15 is 0 Å². The van der Waals surface area contributed by atoms with E-state index in [9.17, 15) is 9.18 Å². The van der Waals surface area contributed by atoms with Gasteiger partial charge in [-0.2, -0.15) is 0 Å². The van der Waals surface area contributed by atoms with E-state index in [0.29, 0.717) is 13.1 Å². The molecule has 0 aliphatic carbocycles. The Labute approximate surface area is 167 Å². The molecule has 28 heavy (non-hydrogen) atoms. The number of amides is 1. The molecule has 1 fully saturated rings. The van der Waals surface area contributed by atoms with Crippen molar-refractivity contribution in [3.63, 3.8) is 0 Å². The smallest absolute Gasteiger partial charge is 0.260 e. The molecule has 5 nitrogen and oxygen atoms in total. The number of aryl methyl sites for hydroxylation is 2. The second kappa shape index (κ2) is 7.75. The van der Waals surface area contributed by atoms with Crippen molar-refractivity contribution in [2.45, 2.75) is 13.8 Å². The highest BCUT2D eigenvalue weighted by atomic mass is 32.1. The van der Waals surface area contributed by atoms with Crippen LogP contribution in [0.2, 0.25) is 0 Å². The van der Waals surface area contributed by atoms with Gasteiger partial charge in [-0.25, -0.2) is 9.37 Å². The van der Waals surface area contributed by atoms with Gasteiger partial charge in [-0.1, -0.05) is 35.6 Å². The molecule has 0 spiro atoms. The molecule has 0 bridgehead atoms. The number of hydrogen-bond acceptors (Lipinski definition) is 5. The van der Waals surface area contributed by atoms with E-state index in [1.807, 2.05) is 0 Å². The van der Waals surface area contributed by atoms with Crippen LogP contribution in [0.15, 0.2) is 36.4 Å². The van der Waals surface area contributed by atoms with Crippen LogP contribution in [0.5, 0.6) is 5.75 Å². The molecule has 0 radical (unpaired) electrons. The lowest BCUT2D eigenvalue weighted by Crippen LogP contribution is -2.50. The van der Waals surface area contributed by atoms with Gasteiger partial charge in [0.15, 0.2) is 23.3 Å². The minimum absolute atomic E-state index is 0.106. The van der Waals surface area contributed by atoms with Gasteiger partial charge in [0.05, 0.1) is 10.2 Å². The Kier molecular flexibility index (Phi) is 5.17. The van der Waals surface area contributed by atoms with Gasteiger partial charge in [0.25, 0.3) is 5.91 Å². The number of fused-ring (bicyclic) bond motifs is 1. The molecule has 1 aliphatic heterocycles. The zero-order valence-electron chi connectivity index (χ0n) is 15.9. The number of benzene rings is 2. The molecule has 3 aromatic rings. The summed E-state index contributed by atoms with van der Waals surface area (Å²) in [5.74, 6) is -0.477. The first-order valence-electron chi connectivity index (χ1n) is 9.30. The summed E-state index contributed by atoms with van der Waals surface area (Å²) in [4.78, 5) is 21.2. The number of piperazine rings is 1. The van der Waals surface area contributed by atoms with Crippen molar-refractivity contribution in [3.05, 3.63) is 53.3 Å². The van der Waals surface area contributed by atoms with Crippen molar-refractivity contribution in [2.24, 2.45) is 0 Å². The van der Waals surface area contributed by atoms with E-state index in [4.69, 9.17) is 9.72 Å². The Morgan fingerprint density at radius 1 is 1.11 bits per heavy atom. The molecule has 7 heteroatoms. The zero-order chi connectivity index (χ0) is 19.7. The first-order chi connectivity index (χ1) is 13.5. The lowest BCUT2D eigenvalue weighted by molar-refractivity contribution is -0.133. The van der Waals surface area contributed by atoms with Gasteiger partial charge in [-0.05, 0) is 37.1 Å². The molecule has 2 aromatic carbocycles. The fourth-order valence-electron chi connectivity index (χ4n) is 3.32. The van der Waals surface area contributed by atoms with Gasteiger partial charge >= 0.3 is 0 Å². The molecular formula is C21H22FN3O2S. The summed E-state index contributed by atoms with van der Waals surface area (Å²) in [5, 5.41) is 1.00. The maximum Gasteiger partial charge on any atom is 0.260 e. The molecule has 1 aromatic heterocycles. The van der Waals surface area contributed by atoms with E-state index in [-0.39, 0.29) is 18.3 Å². The Morgan fingerprint density at radius 3 is 2.54 bits per heavy atom. The molecule has 0 saturated carbocycles. The van der Waals surface area contributed by atoms with Crippen LogP contribution in [0.3, 0.4) is 0 Å². The normalized spacial score (nSPS) is 14.5. The number of aromatic nitrogens is 1. The van der Waals surface area contributed by atoms with E-state index < -0.39 is 5.82 Å². The standard InChI is InChI=1S/C21H22FN3O2S/c1-14-7-8-15(2)20-19(14)23-21(28-20)25-11-9-24(10-12-25)18(26)13-27-17-6-4-3-5-16(17)22/h3-8H,9-13H2,1-2H3. The maximum absolute atomic E-state index is 13.6. The number of thiazole rings is 1. The summed E-state index contributed by atoms with van der Waals surface area (Å²) >= 11 is 1.71. The van der Waals surface area contributed by atoms with Crippen molar-refractivity contribution in [1.82, 2.24) is 9.88 Å². The molecule has 0 N–H and O–H groups in total. The van der Waals surface area contributed by atoms with Crippen molar-refractivity contribution in [2.75, 3.05) is 37.7 Å². The van der Waals surface area contributed by atoms with E-state index in [1.54, 1.807) is 28.4 Å². The van der Waals surface area contributed by atoms with Crippen LogP contribution in [0.25, 0.3) is 10.2 Å². The Morgan fingerprint density at radius 2 is 1.82 bits per heavy atom. The SMILES string of the molecule is Cc1ccc(C)c2sc(N3CCN(C(=O)COc4ccccc4F)CC3)nc12. The van der Waals surface area contributed by atoms with Crippen LogP contribution in [0, 0.1) is 19.7 Å². The number of hydrogen-bond donors (Lipinski definition) is 0. The summed E-state index contributed by atoms with van der Waals surface area (Å²) in [7, 11) is 0. The topological polar surface area (TPSA) is 45.7 Å². The van der Waals surface area contributed by atoms with Crippen LogP contribution in [-0.4, -0.2) is 48.6 Å². The third-order valence-electron chi connectivity index (χ3n) is 5.02. The van der Waals surface area contributed by atoms with Crippen molar-refractivity contribution in [1.29, 1.82) is 0 Å². The predicted octanol–water partition coefficient (Wildman–Crippen LogP) is 3.78. The highest BCUT2D eigenvalue weighted by Crippen LogP contribution is 2.33. The third-order valence-corrected chi connectivity index (χ3v) is 6.27. The molecule has 1 saturated heterocycles. The molecular weight excluding hydrogens is 377 g/mol. The van der Waals surface area contributed by atoms with E-state index in [2.05, 4.69) is 30.9 Å². The number of carbonyl (C=O) groups is 1. The Bertz CT molecular complexity index is 973.